The molecule has 2 aliphatic heterocycles. The van der Waals surface area contributed by atoms with E-state index in [1.165, 1.54) is 28.0 Å². The molecule has 0 spiro atoms. The van der Waals surface area contributed by atoms with Crippen LogP contribution in [-0.4, -0.2) is 41.3 Å². The molecule has 32 heavy (non-hydrogen) atoms. The number of rotatable bonds is 2. The maximum Gasteiger partial charge on any atom is 0.333 e. The second-order valence-corrected chi connectivity index (χ2v) is 9.86. The average molecular weight is 431 g/mol. The number of hydrogen-bond acceptors (Lipinski definition) is 5. The van der Waals surface area contributed by atoms with Crippen LogP contribution >= 0.6 is 0 Å². The monoisotopic (exact) mass is 430 g/mol. The molecular weight excluding hydrogens is 402 g/mol. The van der Waals surface area contributed by atoms with E-state index in [1.54, 1.807) is 19.5 Å². The van der Waals surface area contributed by atoms with Crippen LogP contribution < -0.4 is 14.5 Å². The second kappa shape index (κ2) is 6.42. The van der Waals surface area contributed by atoms with Gasteiger partial charge >= 0.3 is 5.91 Å². The van der Waals surface area contributed by atoms with E-state index in [9.17, 15) is 4.79 Å². The smallest absolute Gasteiger partial charge is 0.333 e. The molecular formula is C25H28N5O2+. The Hall–Kier alpha value is -3.19. The number of likely N-dealkylation sites (N-methyl/N-ethyl adjacent to an activating group) is 1. The van der Waals surface area contributed by atoms with E-state index in [2.05, 4.69) is 40.4 Å². The number of aromatic nitrogens is 3. The normalized spacial score (nSPS) is 27.8. The SMILES string of the molecule is COc1cncc([N+]2(C)C(=O)C(C)(C)C3=C2C=C2C4=C(NC2C3)c2[nH]ncc2CCC4)c1. The van der Waals surface area contributed by atoms with Crippen molar-refractivity contribution in [1.82, 2.24) is 25.0 Å². The molecule has 2 aliphatic carbocycles. The van der Waals surface area contributed by atoms with Crippen molar-refractivity contribution < 1.29 is 9.53 Å². The largest absolute Gasteiger partial charge is 0.495 e. The molecule has 0 saturated carbocycles. The molecule has 4 heterocycles. The Balaban J connectivity index is 1.53. The maximum absolute atomic E-state index is 13.9. The summed E-state index contributed by atoms with van der Waals surface area (Å²) in [7, 11) is 3.63. The minimum atomic E-state index is -0.560. The number of hydrogen-bond donors (Lipinski definition) is 2. The van der Waals surface area contributed by atoms with Crippen molar-refractivity contribution in [2.45, 2.75) is 45.6 Å². The number of nitrogens with one attached hydrogen (secondary N) is 2. The van der Waals surface area contributed by atoms with Gasteiger partial charge in [-0.2, -0.15) is 9.58 Å². The summed E-state index contributed by atoms with van der Waals surface area (Å²) >= 11 is 0. The first-order chi connectivity index (χ1) is 15.4. The van der Waals surface area contributed by atoms with Gasteiger partial charge < -0.3 is 10.1 Å². The summed E-state index contributed by atoms with van der Waals surface area (Å²) in [5, 5.41) is 11.3. The molecule has 6 rings (SSSR count). The highest BCUT2D eigenvalue weighted by atomic mass is 16.5. The first-order valence-electron chi connectivity index (χ1n) is 11.2. The first kappa shape index (κ1) is 19.5. The minimum absolute atomic E-state index is 0.112. The van der Waals surface area contributed by atoms with Crippen LogP contribution in [0.1, 0.15) is 44.4 Å². The summed E-state index contributed by atoms with van der Waals surface area (Å²) in [6.45, 7) is 4.11. The lowest BCUT2D eigenvalue weighted by atomic mass is 9.77. The predicted molar refractivity (Wildman–Crippen MR) is 122 cm³/mol. The second-order valence-electron chi connectivity index (χ2n) is 9.86. The van der Waals surface area contributed by atoms with Crippen molar-refractivity contribution in [3.63, 3.8) is 0 Å². The van der Waals surface area contributed by atoms with E-state index < -0.39 is 5.41 Å². The van der Waals surface area contributed by atoms with E-state index in [0.717, 1.165) is 42.8 Å². The van der Waals surface area contributed by atoms with Crippen molar-refractivity contribution in [3.8, 4) is 5.75 Å². The van der Waals surface area contributed by atoms with Gasteiger partial charge in [-0.25, -0.2) is 4.79 Å². The number of nitrogens with zero attached hydrogens (tertiary/aromatic N) is 3. The van der Waals surface area contributed by atoms with Crippen LogP contribution in [0.15, 0.2) is 53.1 Å². The fraction of sp³-hybridized carbons (Fsp3) is 0.400. The summed E-state index contributed by atoms with van der Waals surface area (Å²) in [4.78, 5) is 18.2. The zero-order valence-corrected chi connectivity index (χ0v) is 19.0. The van der Waals surface area contributed by atoms with Gasteiger partial charge in [0.05, 0.1) is 50.2 Å². The molecule has 164 valence electrons. The zero-order chi connectivity index (χ0) is 22.3. The number of methoxy groups -OCH3 is 1. The van der Waals surface area contributed by atoms with Crippen LogP contribution in [0.4, 0.5) is 5.69 Å². The Morgan fingerprint density at radius 1 is 1.22 bits per heavy atom. The van der Waals surface area contributed by atoms with Gasteiger partial charge in [-0.3, -0.25) is 10.1 Å². The summed E-state index contributed by atoms with van der Waals surface area (Å²) in [5.41, 5.74) is 8.81. The van der Waals surface area contributed by atoms with Crippen molar-refractivity contribution in [2.75, 3.05) is 14.2 Å². The van der Waals surface area contributed by atoms with Crippen LogP contribution in [0, 0.1) is 5.41 Å². The van der Waals surface area contributed by atoms with Crippen molar-refractivity contribution in [2.24, 2.45) is 5.41 Å². The summed E-state index contributed by atoms with van der Waals surface area (Å²) in [5.74, 6) is 0.825. The number of carbonyl (C=O) groups excluding carboxylic acids is 1. The molecule has 4 aliphatic rings. The van der Waals surface area contributed by atoms with E-state index in [-0.39, 0.29) is 16.4 Å². The lowest BCUT2D eigenvalue weighted by Crippen LogP contribution is -2.49. The molecule has 0 bridgehead atoms. The van der Waals surface area contributed by atoms with Crippen molar-refractivity contribution in [1.29, 1.82) is 0 Å². The van der Waals surface area contributed by atoms with Gasteiger partial charge in [-0.05, 0) is 49.8 Å². The first-order valence-corrected chi connectivity index (χ1v) is 11.2. The third-order valence-corrected chi connectivity index (χ3v) is 7.82. The van der Waals surface area contributed by atoms with Crippen LogP contribution in [0.2, 0.25) is 0 Å². The molecule has 0 saturated heterocycles. The predicted octanol–water partition coefficient (Wildman–Crippen LogP) is 3.62. The molecule has 7 heteroatoms. The summed E-state index contributed by atoms with van der Waals surface area (Å²) < 4.78 is 5.53. The zero-order valence-electron chi connectivity index (χ0n) is 19.0. The number of ether oxygens (including phenoxy) is 1. The van der Waals surface area contributed by atoms with Gasteiger partial charge in [0, 0.05) is 24.1 Å². The topological polar surface area (TPSA) is 79.9 Å². The molecule has 2 atom stereocenters. The standard InChI is InChI=1S/C25H28N5O2/c1-25(2)19-10-20-18(17-7-5-6-14-11-27-29-22(14)23(17)28-20)9-21(19)30(3,24(25)31)15-8-16(32-4)13-26-12-15/h8-9,11-13,20,28H,5-7,10H2,1-4H3,(H,27,29)/q+1. The maximum atomic E-state index is 13.9. The van der Waals surface area contributed by atoms with Crippen LogP contribution in [0.25, 0.3) is 5.70 Å². The van der Waals surface area contributed by atoms with Crippen LogP contribution in [0.3, 0.4) is 0 Å². The number of quaternary nitrogens is 1. The van der Waals surface area contributed by atoms with Gasteiger partial charge in [0.2, 0.25) is 0 Å². The van der Waals surface area contributed by atoms with Gasteiger partial charge in [0.25, 0.3) is 0 Å². The fourth-order valence-corrected chi connectivity index (χ4v) is 6.04. The molecule has 0 radical (unpaired) electrons. The van der Waals surface area contributed by atoms with Crippen LogP contribution in [0.5, 0.6) is 5.75 Å². The lowest BCUT2D eigenvalue weighted by molar-refractivity contribution is -0.132. The van der Waals surface area contributed by atoms with Gasteiger partial charge in [0.1, 0.15) is 16.9 Å². The minimum Gasteiger partial charge on any atom is -0.495 e. The van der Waals surface area contributed by atoms with Crippen LogP contribution in [-0.2, 0) is 11.2 Å². The Bertz CT molecular complexity index is 1260. The van der Waals surface area contributed by atoms with Gasteiger partial charge in [-0.15, -0.1) is 0 Å². The molecule has 0 aromatic carbocycles. The highest BCUT2D eigenvalue weighted by Gasteiger charge is 2.60. The molecule has 2 N–H and O–H groups in total. The summed E-state index contributed by atoms with van der Waals surface area (Å²) in [6, 6.07) is 2.12. The fourth-order valence-electron chi connectivity index (χ4n) is 6.04. The molecule has 2 unspecified atom stereocenters. The van der Waals surface area contributed by atoms with Crippen molar-refractivity contribution in [3.05, 3.63) is 64.4 Å². The molecule has 2 aromatic heterocycles. The van der Waals surface area contributed by atoms with E-state index in [4.69, 9.17) is 4.74 Å². The number of carbonyl (C=O) groups is 1. The molecule has 0 fully saturated rings. The number of aryl methyl sites for hydroxylation is 1. The number of H-pyrrole nitrogens is 1. The number of pyridine rings is 1. The number of amides is 1. The summed E-state index contributed by atoms with van der Waals surface area (Å²) in [6.07, 6.45) is 11.7. The lowest BCUT2D eigenvalue weighted by Gasteiger charge is -2.30. The average Bonchev–Trinajstić information content (AvgIpc) is 3.41. The van der Waals surface area contributed by atoms with Crippen molar-refractivity contribution >= 4 is 17.3 Å². The van der Waals surface area contributed by atoms with E-state index >= 15 is 0 Å². The third kappa shape index (κ3) is 2.37. The molecule has 2 aromatic rings. The quantitative estimate of drug-likeness (QED) is 0.712. The molecule has 1 amide bonds. The third-order valence-electron chi connectivity index (χ3n) is 7.82. The Morgan fingerprint density at radius 3 is 2.88 bits per heavy atom. The van der Waals surface area contributed by atoms with Gasteiger partial charge in [-0.1, -0.05) is 0 Å². The van der Waals surface area contributed by atoms with Gasteiger partial charge in [0.15, 0.2) is 5.69 Å². The van der Waals surface area contributed by atoms with E-state index in [1.807, 2.05) is 19.3 Å². The Morgan fingerprint density at radius 2 is 2.06 bits per heavy atom. The Kier molecular flexibility index (Phi) is 3.91. The highest BCUT2D eigenvalue weighted by Crippen LogP contribution is 2.54. The van der Waals surface area contributed by atoms with E-state index in [0.29, 0.717) is 5.75 Å². The Labute approximate surface area is 187 Å². The highest BCUT2D eigenvalue weighted by molar-refractivity contribution is 6.02. The molecule has 7 nitrogen and oxygen atoms in total. The number of allylic oxidation sites excluding steroid dienone is 1. The number of aromatic amines is 1. The number of fused-ring (bicyclic) bond motifs is 4.